The predicted octanol–water partition coefficient (Wildman–Crippen LogP) is 2.76. The molecule has 0 aliphatic carbocycles. The van der Waals surface area contributed by atoms with Gasteiger partial charge in [0.25, 0.3) is 5.91 Å². The van der Waals surface area contributed by atoms with E-state index in [9.17, 15) is 4.79 Å². The fraction of sp³-hybridized carbons (Fsp3) is 0.0714. The van der Waals surface area contributed by atoms with Gasteiger partial charge in [0.15, 0.2) is 0 Å². The van der Waals surface area contributed by atoms with Gasteiger partial charge in [0.1, 0.15) is 0 Å². The van der Waals surface area contributed by atoms with Crippen LogP contribution >= 0.6 is 0 Å². The van der Waals surface area contributed by atoms with Gasteiger partial charge in [-0.25, -0.2) is 0 Å². The summed E-state index contributed by atoms with van der Waals surface area (Å²) in [5.74, 6) is -0.170. The minimum atomic E-state index is -0.170. The van der Waals surface area contributed by atoms with Gasteiger partial charge in [-0.3, -0.25) is 14.8 Å². The van der Waals surface area contributed by atoms with Gasteiger partial charge in [0.05, 0.1) is 11.4 Å². The van der Waals surface area contributed by atoms with E-state index in [1.807, 2.05) is 25.1 Å². The first-order valence-corrected chi connectivity index (χ1v) is 5.60. The molecule has 0 saturated carbocycles. The molecule has 2 heterocycles. The molecule has 0 aliphatic heterocycles. The van der Waals surface area contributed by atoms with Crippen LogP contribution in [-0.4, -0.2) is 15.9 Å². The minimum Gasteiger partial charge on any atom is -0.320 e. The van der Waals surface area contributed by atoms with Gasteiger partial charge in [0, 0.05) is 24.2 Å². The largest absolute Gasteiger partial charge is 0.320 e. The number of rotatable bonds is 3. The number of hydrogen-bond acceptors (Lipinski definition) is 3. The molecule has 90 valence electrons. The molecule has 0 saturated heterocycles. The van der Waals surface area contributed by atoms with Crippen molar-refractivity contribution >= 4 is 17.7 Å². The third kappa shape index (κ3) is 2.79. The SMILES string of the molecule is C/C=C\c1ncccc1NC(=O)c1ccncc1. The quantitative estimate of drug-likeness (QED) is 0.896. The average molecular weight is 239 g/mol. The number of anilines is 1. The zero-order valence-corrected chi connectivity index (χ0v) is 10.00. The fourth-order valence-electron chi connectivity index (χ4n) is 1.51. The zero-order valence-electron chi connectivity index (χ0n) is 10.00. The molecule has 0 unspecified atom stereocenters. The number of carbonyl (C=O) groups excluding carboxylic acids is 1. The molecule has 2 rings (SSSR count). The van der Waals surface area contributed by atoms with Crippen molar-refractivity contribution in [3.8, 4) is 0 Å². The normalized spacial score (nSPS) is 10.5. The van der Waals surface area contributed by atoms with E-state index in [1.54, 1.807) is 36.8 Å². The summed E-state index contributed by atoms with van der Waals surface area (Å²) in [6.07, 6.45) is 8.60. The van der Waals surface area contributed by atoms with Crippen molar-refractivity contribution < 1.29 is 4.79 Å². The van der Waals surface area contributed by atoms with Gasteiger partial charge in [-0.2, -0.15) is 0 Å². The maximum absolute atomic E-state index is 12.0. The summed E-state index contributed by atoms with van der Waals surface area (Å²) < 4.78 is 0. The van der Waals surface area contributed by atoms with Crippen LogP contribution in [0.4, 0.5) is 5.69 Å². The summed E-state index contributed by atoms with van der Waals surface area (Å²) in [7, 11) is 0. The summed E-state index contributed by atoms with van der Waals surface area (Å²) in [5.41, 5.74) is 2.00. The van der Waals surface area contributed by atoms with E-state index in [2.05, 4.69) is 15.3 Å². The van der Waals surface area contributed by atoms with Crippen LogP contribution in [0.15, 0.2) is 48.9 Å². The monoisotopic (exact) mass is 239 g/mol. The standard InChI is InChI=1S/C14H13N3O/c1-2-4-12-13(5-3-8-16-12)17-14(18)11-6-9-15-10-7-11/h2-10H,1H3,(H,17,18)/b4-2-. The third-order valence-corrected chi connectivity index (χ3v) is 2.35. The van der Waals surface area contributed by atoms with E-state index in [-0.39, 0.29) is 5.91 Å². The second-order valence-electron chi connectivity index (χ2n) is 3.63. The van der Waals surface area contributed by atoms with Crippen molar-refractivity contribution in [2.75, 3.05) is 5.32 Å². The first-order chi connectivity index (χ1) is 8.81. The molecule has 1 amide bonds. The van der Waals surface area contributed by atoms with E-state index in [1.165, 1.54) is 0 Å². The van der Waals surface area contributed by atoms with E-state index >= 15 is 0 Å². The summed E-state index contributed by atoms with van der Waals surface area (Å²) in [5, 5.41) is 2.83. The zero-order chi connectivity index (χ0) is 12.8. The molecular weight excluding hydrogens is 226 g/mol. The molecule has 18 heavy (non-hydrogen) atoms. The number of pyridine rings is 2. The van der Waals surface area contributed by atoms with Gasteiger partial charge in [0.2, 0.25) is 0 Å². The molecule has 0 atom stereocenters. The first kappa shape index (κ1) is 12.0. The molecule has 2 aromatic rings. The molecule has 0 radical (unpaired) electrons. The fourth-order valence-corrected chi connectivity index (χ4v) is 1.51. The Hall–Kier alpha value is -2.49. The lowest BCUT2D eigenvalue weighted by atomic mass is 10.2. The molecule has 0 fully saturated rings. The summed E-state index contributed by atoms with van der Waals surface area (Å²) >= 11 is 0. The van der Waals surface area contributed by atoms with Gasteiger partial charge >= 0.3 is 0 Å². The smallest absolute Gasteiger partial charge is 0.255 e. The number of aromatic nitrogens is 2. The van der Waals surface area contributed by atoms with Crippen LogP contribution in [0.5, 0.6) is 0 Å². The van der Waals surface area contributed by atoms with Crippen molar-refractivity contribution in [3.63, 3.8) is 0 Å². The molecule has 1 N–H and O–H groups in total. The van der Waals surface area contributed by atoms with E-state index < -0.39 is 0 Å². The van der Waals surface area contributed by atoms with Crippen molar-refractivity contribution in [3.05, 3.63) is 60.2 Å². The third-order valence-electron chi connectivity index (χ3n) is 2.35. The molecule has 0 spiro atoms. The Morgan fingerprint density at radius 3 is 2.72 bits per heavy atom. The Morgan fingerprint density at radius 1 is 1.22 bits per heavy atom. The van der Waals surface area contributed by atoms with Crippen LogP contribution in [0.1, 0.15) is 23.0 Å². The van der Waals surface area contributed by atoms with Gasteiger partial charge in [-0.05, 0) is 37.3 Å². The van der Waals surface area contributed by atoms with Crippen LogP contribution in [0, 0.1) is 0 Å². The number of hydrogen-bond donors (Lipinski definition) is 1. The van der Waals surface area contributed by atoms with E-state index in [0.717, 1.165) is 5.69 Å². The molecule has 4 nitrogen and oxygen atoms in total. The van der Waals surface area contributed by atoms with Crippen molar-refractivity contribution in [1.29, 1.82) is 0 Å². The van der Waals surface area contributed by atoms with Crippen molar-refractivity contribution in [1.82, 2.24) is 9.97 Å². The Kier molecular flexibility index (Phi) is 3.81. The number of amides is 1. The maximum atomic E-state index is 12.0. The number of nitrogens with one attached hydrogen (secondary N) is 1. The van der Waals surface area contributed by atoms with Gasteiger partial charge in [-0.1, -0.05) is 6.08 Å². The predicted molar refractivity (Wildman–Crippen MR) is 71.1 cm³/mol. The maximum Gasteiger partial charge on any atom is 0.255 e. The lowest BCUT2D eigenvalue weighted by Crippen LogP contribution is -2.13. The topological polar surface area (TPSA) is 54.9 Å². The van der Waals surface area contributed by atoms with E-state index in [4.69, 9.17) is 0 Å². The van der Waals surface area contributed by atoms with Gasteiger partial charge in [-0.15, -0.1) is 0 Å². The highest BCUT2D eigenvalue weighted by Gasteiger charge is 2.07. The Labute approximate surface area is 105 Å². The van der Waals surface area contributed by atoms with Crippen LogP contribution in [-0.2, 0) is 0 Å². The molecule has 0 bridgehead atoms. The summed E-state index contributed by atoms with van der Waals surface area (Å²) in [4.78, 5) is 20.1. The average Bonchev–Trinajstić information content (AvgIpc) is 2.42. The molecule has 0 aliphatic rings. The Bertz CT molecular complexity index is 564. The lowest BCUT2D eigenvalue weighted by Gasteiger charge is -2.07. The van der Waals surface area contributed by atoms with Gasteiger partial charge < -0.3 is 5.32 Å². The number of nitrogens with zero attached hydrogens (tertiary/aromatic N) is 2. The molecular formula is C14H13N3O. The Morgan fingerprint density at radius 2 is 2.00 bits per heavy atom. The second-order valence-corrected chi connectivity index (χ2v) is 3.63. The van der Waals surface area contributed by atoms with Crippen LogP contribution in [0.25, 0.3) is 6.08 Å². The van der Waals surface area contributed by atoms with Crippen molar-refractivity contribution in [2.45, 2.75) is 6.92 Å². The second kappa shape index (κ2) is 5.72. The highest BCUT2D eigenvalue weighted by atomic mass is 16.1. The molecule has 4 heteroatoms. The Balaban J connectivity index is 2.22. The lowest BCUT2D eigenvalue weighted by molar-refractivity contribution is 0.102. The number of allylic oxidation sites excluding steroid dienone is 1. The summed E-state index contributed by atoms with van der Waals surface area (Å²) in [6, 6.07) is 6.94. The highest BCUT2D eigenvalue weighted by Crippen LogP contribution is 2.14. The van der Waals surface area contributed by atoms with E-state index in [0.29, 0.717) is 11.3 Å². The van der Waals surface area contributed by atoms with Crippen LogP contribution < -0.4 is 5.32 Å². The highest BCUT2D eigenvalue weighted by molar-refractivity contribution is 6.04. The van der Waals surface area contributed by atoms with Crippen LogP contribution in [0.3, 0.4) is 0 Å². The molecule has 2 aromatic heterocycles. The van der Waals surface area contributed by atoms with Crippen molar-refractivity contribution in [2.24, 2.45) is 0 Å². The molecule has 0 aromatic carbocycles. The first-order valence-electron chi connectivity index (χ1n) is 5.60. The minimum absolute atomic E-state index is 0.170. The number of carbonyl (C=O) groups is 1. The van der Waals surface area contributed by atoms with Crippen LogP contribution in [0.2, 0.25) is 0 Å². The summed E-state index contributed by atoms with van der Waals surface area (Å²) in [6.45, 7) is 1.91.